The second kappa shape index (κ2) is 10.4. The number of benzene rings is 1. The van der Waals surface area contributed by atoms with Gasteiger partial charge in [-0.3, -0.25) is 0 Å². The zero-order chi connectivity index (χ0) is 23.6. The normalized spacial score (nSPS) is 40.0. The number of hydrogen-bond donors (Lipinski definition) is 6. The van der Waals surface area contributed by atoms with Gasteiger partial charge in [0.2, 0.25) is 6.29 Å². The maximum absolute atomic E-state index is 12.0. The van der Waals surface area contributed by atoms with Crippen molar-refractivity contribution in [3.8, 4) is 5.75 Å². The Bertz CT molecular complexity index is 775. The van der Waals surface area contributed by atoms with E-state index in [0.29, 0.717) is 0 Å². The number of carbonyl (C=O) groups is 1. The molecule has 1 aromatic carbocycles. The first-order valence-corrected chi connectivity index (χ1v) is 10.0. The van der Waals surface area contributed by atoms with Crippen LogP contribution in [0.5, 0.6) is 5.75 Å². The van der Waals surface area contributed by atoms with Crippen LogP contribution in [0.15, 0.2) is 24.3 Å². The molecule has 180 valence electrons. The Morgan fingerprint density at radius 2 is 1.62 bits per heavy atom. The van der Waals surface area contributed by atoms with Crippen LogP contribution in [0.1, 0.15) is 17.3 Å². The Morgan fingerprint density at radius 3 is 2.28 bits per heavy atom. The smallest absolute Gasteiger partial charge is 0.341 e. The molecule has 2 aliphatic heterocycles. The summed E-state index contributed by atoms with van der Waals surface area (Å²) in [6.07, 6.45) is -14.6. The van der Waals surface area contributed by atoms with Crippen LogP contribution in [-0.2, 0) is 18.9 Å². The van der Waals surface area contributed by atoms with Crippen molar-refractivity contribution in [3.63, 3.8) is 0 Å². The van der Waals surface area contributed by atoms with Crippen LogP contribution in [0.4, 0.5) is 0 Å². The standard InChI is InChI=1S/C20H28O12/c1-8-12(22)14(24)16(26)19(29-8)32-17-15(25)13(23)11(7-21)31-20(17)30-10-6-4-3-5-9(10)18(27)28-2/h3-6,8,11-17,19-26H,7H2,1-2H3/t8-,11-,12+,13-,14-,15+,16-,17+,19+,20-/m1/s1. The van der Waals surface area contributed by atoms with Crippen LogP contribution in [0, 0.1) is 0 Å². The molecule has 6 N–H and O–H groups in total. The highest BCUT2D eigenvalue weighted by Crippen LogP contribution is 2.31. The summed E-state index contributed by atoms with van der Waals surface area (Å²) in [5.74, 6) is -0.697. The van der Waals surface area contributed by atoms with Crippen molar-refractivity contribution < 1.29 is 59.1 Å². The fourth-order valence-electron chi connectivity index (χ4n) is 3.55. The summed E-state index contributed by atoms with van der Waals surface area (Å²) < 4.78 is 27.0. The fraction of sp³-hybridized carbons (Fsp3) is 0.650. The Kier molecular flexibility index (Phi) is 8.03. The molecule has 10 atom stereocenters. The van der Waals surface area contributed by atoms with E-state index in [-0.39, 0.29) is 11.3 Å². The molecule has 0 aliphatic carbocycles. The van der Waals surface area contributed by atoms with Crippen molar-refractivity contribution in [1.82, 2.24) is 0 Å². The third kappa shape index (κ3) is 4.88. The highest BCUT2D eigenvalue weighted by Gasteiger charge is 2.51. The predicted octanol–water partition coefficient (Wildman–Crippen LogP) is -2.50. The summed E-state index contributed by atoms with van der Waals surface area (Å²) in [5.41, 5.74) is 0.0413. The van der Waals surface area contributed by atoms with E-state index < -0.39 is 74.0 Å². The van der Waals surface area contributed by atoms with Gasteiger partial charge in [-0.1, -0.05) is 12.1 Å². The lowest BCUT2D eigenvalue weighted by atomic mass is 9.97. The molecule has 0 saturated carbocycles. The second-order valence-corrected chi connectivity index (χ2v) is 7.59. The van der Waals surface area contributed by atoms with Crippen LogP contribution >= 0.6 is 0 Å². The summed E-state index contributed by atoms with van der Waals surface area (Å²) >= 11 is 0. The number of rotatable bonds is 6. The summed E-state index contributed by atoms with van der Waals surface area (Å²) in [4.78, 5) is 12.0. The number of methoxy groups -OCH3 is 1. The number of esters is 1. The largest absolute Gasteiger partial charge is 0.465 e. The SMILES string of the molecule is COC(=O)c1ccccc1O[C@@H]1O[C@H](CO)[C@@H](O)[C@H](O)[C@@H]1O[C@@H]1O[C@H](C)[C@H](O)[C@@H](O)[C@H]1O. The first-order valence-electron chi connectivity index (χ1n) is 10.0. The third-order valence-electron chi connectivity index (χ3n) is 5.46. The van der Waals surface area contributed by atoms with Crippen molar-refractivity contribution in [2.75, 3.05) is 13.7 Å². The molecule has 0 amide bonds. The number of aliphatic hydroxyl groups is 6. The number of aliphatic hydroxyl groups excluding tert-OH is 6. The summed E-state index contributed by atoms with van der Waals surface area (Å²) in [7, 11) is 1.19. The van der Waals surface area contributed by atoms with Gasteiger partial charge in [-0.25, -0.2) is 4.79 Å². The Balaban J connectivity index is 1.87. The first kappa shape index (κ1) is 24.8. The number of para-hydroxylation sites is 1. The molecular formula is C20H28O12. The zero-order valence-corrected chi connectivity index (χ0v) is 17.4. The average Bonchev–Trinajstić information content (AvgIpc) is 2.80. The molecule has 0 aromatic heterocycles. The average molecular weight is 460 g/mol. The Morgan fingerprint density at radius 1 is 0.938 bits per heavy atom. The van der Waals surface area contributed by atoms with Gasteiger partial charge in [0.05, 0.1) is 19.8 Å². The van der Waals surface area contributed by atoms with Crippen LogP contribution in [0.2, 0.25) is 0 Å². The summed E-state index contributed by atoms with van der Waals surface area (Å²) in [5, 5.41) is 60.5. The summed E-state index contributed by atoms with van der Waals surface area (Å²) in [6.45, 7) is 0.787. The minimum absolute atomic E-state index is 0.00663. The van der Waals surface area contributed by atoms with Gasteiger partial charge in [-0.2, -0.15) is 0 Å². The van der Waals surface area contributed by atoms with Crippen LogP contribution in [0.3, 0.4) is 0 Å². The molecule has 2 saturated heterocycles. The van der Waals surface area contributed by atoms with E-state index in [9.17, 15) is 35.4 Å². The summed E-state index contributed by atoms with van der Waals surface area (Å²) in [6, 6.07) is 6.02. The van der Waals surface area contributed by atoms with Crippen molar-refractivity contribution in [3.05, 3.63) is 29.8 Å². The van der Waals surface area contributed by atoms with Gasteiger partial charge in [0.1, 0.15) is 47.9 Å². The van der Waals surface area contributed by atoms with Gasteiger partial charge in [0.25, 0.3) is 0 Å². The molecule has 0 bridgehead atoms. The van der Waals surface area contributed by atoms with E-state index in [1.54, 1.807) is 12.1 Å². The van der Waals surface area contributed by atoms with Crippen molar-refractivity contribution in [2.24, 2.45) is 0 Å². The lowest BCUT2D eigenvalue weighted by Crippen LogP contribution is -2.64. The Labute approximate surface area is 183 Å². The number of hydrogen-bond acceptors (Lipinski definition) is 12. The minimum atomic E-state index is -1.69. The molecule has 2 aliphatic rings. The van der Waals surface area contributed by atoms with Gasteiger partial charge in [-0.05, 0) is 19.1 Å². The van der Waals surface area contributed by atoms with Gasteiger partial charge < -0.3 is 54.3 Å². The molecule has 12 nitrogen and oxygen atoms in total. The van der Waals surface area contributed by atoms with Crippen molar-refractivity contribution >= 4 is 5.97 Å². The van der Waals surface area contributed by atoms with Crippen molar-refractivity contribution in [2.45, 2.75) is 68.3 Å². The van der Waals surface area contributed by atoms with E-state index in [1.807, 2.05) is 0 Å². The van der Waals surface area contributed by atoms with Crippen molar-refractivity contribution in [1.29, 1.82) is 0 Å². The maximum Gasteiger partial charge on any atom is 0.341 e. The highest BCUT2D eigenvalue weighted by atomic mass is 16.8. The van der Waals surface area contributed by atoms with Gasteiger partial charge in [-0.15, -0.1) is 0 Å². The predicted molar refractivity (Wildman–Crippen MR) is 103 cm³/mol. The van der Waals surface area contributed by atoms with E-state index in [0.717, 1.165) is 0 Å². The molecular weight excluding hydrogens is 432 g/mol. The molecule has 0 spiro atoms. The number of carbonyl (C=O) groups excluding carboxylic acids is 1. The van der Waals surface area contributed by atoms with E-state index >= 15 is 0 Å². The van der Waals surface area contributed by atoms with E-state index in [1.165, 1.54) is 26.2 Å². The number of ether oxygens (including phenoxy) is 5. The first-order chi connectivity index (χ1) is 15.2. The maximum atomic E-state index is 12.0. The van der Waals surface area contributed by atoms with Gasteiger partial charge >= 0.3 is 5.97 Å². The highest BCUT2D eigenvalue weighted by molar-refractivity contribution is 5.92. The molecule has 2 heterocycles. The topological polar surface area (TPSA) is 185 Å². The van der Waals surface area contributed by atoms with Crippen LogP contribution in [0.25, 0.3) is 0 Å². The molecule has 12 heteroatoms. The lowest BCUT2D eigenvalue weighted by molar-refractivity contribution is -0.354. The molecule has 3 rings (SSSR count). The molecule has 1 aromatic rings. The molecule has 0 radical (unpaired) electrons. The van der Waals surface area contributed by atoms with E-state index in [4.69, 9.17) is 23.7 Å². The van der Waals surface area contributed by atoms with Crippen LogP contribution in [-0.4, -0.2) is 112 Å². The van der Waals surface area contributed by atoms with Gasteiger partial charge in [0.15, 0.2) is 12.4 Å². The fourth-order valence-corrected chi connectivity index (χ4v) is 3.55. The molecule has 32 heavy (non-hydrogen) atoms. The van der Waals surface area contributed by atoms with E-state index in [2.05, 4.69) is 0 Å². The quantitative estimate of drug-likeness (QED) is 0.246. The van der Waals surface area contributed by atoms with Crippen LogP contribution < -0.4 is 4.74 Å². The third-order valence-corrected chi connectivity index (χ3v) is 5.46. The zero-order valence-electron chi connectivity index (χ0n) is 17.4. The lowest BCUT2D eigenvalue weighted by Gasteiger charge is -2.45. The second-order valence-electron chi connectivity index (χ2n) is 7.59. The Hall–Kier alpha value is -1.87. The molecule has 2 fully saturated rings. The minimum Gasteiger partial charge on any atom is -0.465 e. The molecule has 0 unspecified atom stereocenters. The van der Waals surface area contributed by atoms with Gasteiger partial charge in [0, 0.05) is 0 Å². The monoisotopic (exact) mass is 460 g/mol.